The van der Waals surface area contributed by atoms with Crippen LogP contribution in [0.15, 0.2) is 29.4 Å². The molecule has 0 saturated carbocycles. The number of carbonyl (C=O) groups is 3. The molecule has 0 fully saturated rings. The van der Waals surface area contributed by atoms with Gasteiger partial charge in [-0.05, 0) is 43.7 Å². The fraction of sp³-hybridized carbons (Fsp3) is 0.222. The summed E-state index contributed by atoms with van der Waals surface area (Å²) in [5.41, 5.74) is 12.3. The Balaban J connectivity index is 1.89. The van der Waals surface area contributed by atoms with Gasteiger partial charge in [-0.25, -0.2) is 4.39 Å². The first-order chi connectivity index (χ1) is 13.2. The third kappa shape index (κ3) is 3.58. The lowest BCUT2D eigenvalue weighted by Gasteiger charge is -2.20. The van der Waals surface area contributed by atoms with Gasteiger partial charge in [-0.2, -0.15) is 5.10 Å². The van der Waals surface area contributed by atoms with Crippen LogP contribution >= 0.6 is 11.3 Å². The van der Waals surface area contributed by atoms with Crippen LogP contribution in [0.2, 0.25) is 0 Å². The van der Waals surface area contributed by atoms with Gasteiger partial charge in [0.2, 0.25) is 5.91 Å². The van der Waals surface area contributed by atoms with Gasteiger partial charge >= 0.3 is 0 Å². The summed E-state index contributed by atoms with van der Waals surface area (Å²) in [5, 5.41) is 8.45. The Morgan fingerprint density at radius 3 is 2.43 bits per heavy atom. The summed E-state index contributed by atoms with van der Waals surface area (Å²) in [7, 11) is 0. The Bertz CT molecular complexity index is 999. The van der Waals surface area contributed by atoms with Crippen LogP contribution in [0, 0.1) is 19.7 Å². The van der Waals surface area contributed by atoms with E-state index in [2.05, 4.69) is 10.4 Å². The normalized spacial score (nSPS) is 16.0. The molecular weight excluding hydrogens is 385 g/mol. The van der Waals surface area contributed by atoms with E-state index in [1.807, 2.05) is 6.92 Å². The van der Waals surface area contributed by atoms with E-state index in [1.165, 1.54) is 40.6 Å². The number of halogens is 1. The predicted octanol–water partition coefficient (Wildman–Crippen LogP) is 1.66. The highest BCUT2D eigenvalue weighted by Gasteiger charge is 2.35. The fourth-order valence-corrected chi connectivity index (χ4v) is 3.95. The number of rotatable bonds is 5. The van der Waals surface area contributed by atoms with Gasteiger partial charge in [0.25, 0.3) is 11.8 Å². The SMILES string of the molecule is Cc1sc(NC(=O)C2=NN(c3ccc(F)cc3)C(C(N)=O)C2)c(C(N)=O)c1C. The van der Waals surface area contributed by atoms with Crippen LogP contribution in [0.25, 0.3) is 0 Å². The number of benzene rings is 1. The summed E-state index contributed by atoms with van der Waals surface area (Å²) in [4.78, 5) is 37.1. The lowest BCUT2D eigenvalue weighted by atomic mass is 10.1. The lowest BCUT2D eigenvalue weighted by molar-refractivity contribution is -0.119. The number of nitrogens with one attached hydrogen (secondary N) is 1. The summed E-state index contributed by atoms with van der Waals surface area (Å²) in [6.45, 7) is 3.56. The average Bonchev–Trinajstić information content (AvgIpc) is 3.18. The van der Waals surface area contributed by atoms with E-state index in [-0.39, 0.29) is 17.7 Å². The molecule has 0 aliphatic carbocycles. The largest absolute Gasteiger partial charge is 0.368 e. The number of hydrazone groups is 1. The zero-order valence-corrected chi connectivity index (χ0v) is 16.0. The Kier molecular flexibility index (Phi) is 5.14. The van der Waals surface area contributed by atoms with E-state index in [1.54, 1.807) is 6.92 Å². The maximum Gasteiger partial charge on any atom is 0.272 e. The van der Waals surface area contributed by atoms with E-state index in [0.717, 1.165) is 4.88 Å². The second-order valence-corrected chi connectivity index (χ2v) is 7.52. The molecule has 3 amide bonds. The molecule has 5 N–H and O–H groups in total. The zero-order chi connectivity index (χ0) is 20.6. The molecule has 1 atom stereocenters. The molecule has 1 unspecified atom stereocenters. The van der Waals surface area contributed by atoms with Crippen molar-refractivity contribution in [2.45, 2.75) is 26.3 Å². The Morgan fingerprint density at radius 2 is 1.86 bits per heavy atom. The van der Waals surface area contributed by atoms with Crippen LogP contribution in [0.4, 0.5) is 15.1 Å². The third-order valence-electron chi connectivity index (χ3n) is 4.45. The highest BCUT2D eigenvalue weighted by molar-refractivity contribution is 7.17. The van der Waals surface area contributed by atoms with Crippen LogP contribution in [0.3, 0.4) is 0 Å². The highest BCUT2D eigenvalue weighted by atomic mass is 32.1. The summed E-state index contributed by atoms with van der Waals surface area (Å²) in [6, 6.07) is 4.43. The van der Waals surface area contributed by atoms with Crippen LogP contribution in [-0.4, -0.2) is 29.5 Å². The lowest BCUT2D eigenvalue weighted by Crippen LogP contribution is -2.39. The Labute approximate surface area is 164 Å². The van der Waals surface area contributed by atoms with E-state index in [4.69, 9.17) is 11.5 Å². The molecule has 2 heterocycles. The van der Waals surface area contributed by atoms with Crippen molar-refractivity contribution in [3.8, 4) is 0 Å². The van der Waals surface area contributed by atoms with Crippen molar-refractivity contribution in [1.29, 1.82) is 0 Å². The third-order valence-corrected chi connectivity index (χ3v) is 5.57. The molecule has 146 valence electrons. The van der Waals surface area contributed by atoms with Crippen LogP contribution in [0.1, 0.15) is 27.2 Å². The molecule has 0 saturated heterocycles. The van der Waals surface area contributed by atoms with Crippen molar-refractivity contribution in [3.05, 3.63) is 46.1 Å². The smallest absolute Gasteiger partial charge is 0.272 e. The van der Waals surface area contributed by atoms with Gasteiger partial charge in [0, 0.05) is 11.3 Å². The number of primary amides is 2. The molecule has 3 rings (SSSR count). The van der Waals surface area contributed by atoms with Gasteiger partial charge in [0.1, 0.15) is 22.6 Å². The molecule has 1 aromatic heterocycles. The van der Waals surface area contributed by atoms with Gasteiger partial charge in [0.05, 0.1) is 11.3 Å². The number of anilines is 2. The molecule has 0 radical (unpaired) electrons. The van der Waals surface area contributed by atoms with E-state index >= 15 is 0 Å². The molecule has 1 aliphatic rings. The molecule has 8 nitrogen and oxygen atoms in total. The average molecular weight is 403 g/mol. The molecular formula is C18H18FN5O3S. The summed E-state index contributed by atoms with van der Waals surface area (Å²) < 4.78 is 13.2. The number of aryl methyl sites for hydroxylation is 1. The topological polar surface area (TPSA) is 131 Å². The minimum Gasteiger partial charge on any atom is -0.368 e. The number of nitrogens with two attached hydrogens (primary N) is 2. The fourth-order valence-electron chi connectivity index (χ4n) is 2.89. The molecule has 1 aliphatic heterocycles. The molecule has 0 spiro atoms. The number of nitrogens with zero attached hydrogens (tertiary/aromatic N) is 2. The molecule has 28 heavy (non-hydrogen) atoms. The first-order valence-corrected chi connectivity index (χ1v) is 9.13. The maximum absolute atomic E-state index is 13.2. The van der Waals surface area contributed by atoms with Crippen LogP contribution in [-0.2, 0) is 9.59 Å². The monoisotopic (exact) mass is 403 g/mol. The van der Waals surface area contributed by atoms with Crippen LogP contribution < -0.4 is 21.8 Å². The number of thiophene rings is 1. The minimum atomic E-state index is -0.881. The first kappa shape index (κ1) is 19.5. The molecule has 1 aromatic carbocycles. The second-order valence-electron chi connectivity index (χ2n) is 6.30. The van der Waals surface area contributed by atoms with Gasteiger partial charge in [-0.15, -0.1) is 11.3 Å². The van der Waals surface area contributed by atoms with Crippen molar-refractivity contribution in [2.75, 3.05) is 10.3 Å². The maximum atomic E-state index is 13.2. The summed E-state index contributed by atoms with van der Waals surface area (Å²) in [5.74, 6) is -2.33. The highest BCUT2D eigenvalue weighted by Crippen LogP contribution is 2.32. The van der Waals surface area contributed by atoms with Crippen molar-refractivity contribution in [2.24, 2.45) is 16.6 Å². The molecule has 2 aromatic rings. The van der Waals surface area contributed by atoms with Crippen molar-refractivity contribution < 1.29 is 18.8 Å². The summed E-state index contributed by atoms with van der Waals surface area (Å²) in [6.07, 6.45) is -0.0201. The number of hydrogen-bond acceptors (Lipinski definition) is 6. The van der Waals surface area contributed by atoms with Gasteiger partial charge < -0.3 is 16.8 Å². The van der Waals surface area contributed by atoms with E-state index in [9.17, 15) is 18.8 Å². The Morgan fingerprint density at radius 1 is 1.21 bits per heavy atom. The summed E-state index contributed by atoms with van der Waals surface area (Å²) >= 11 is 1.23. The van der Waals surface area contributed by atoms with E-state index in [0.29, 0.717) is 16.3 Å². The second kappa shape index (κ2) is 7.39. The minimum absolute atomic E-state index is 0.0201. The molecule has 10 heteroatoms. The number of amides is 3. The van der Waals surface area contributed by atoms with Crippen molar-refractivity contribution >= 4 is 45.5 Å². The first-order valence-electron chi connectivity index (χ1n) is 8.31. The van der Waals surface area contributed by atoms with Gasteiger partial charge in [-0.3, -0.25) is 19.4 Å². The van der Waals surface area contributed by atoms with E-state index < -0.39 is 29.6 Å². The quantitative estimate of drug-likeness (QED) is 0.701. The van der Waals surface area contributed by atoms with Gasteiger partial charge in [-0.1, -0.05) is 0 Å². The van der Waals surface area contributed by atoms with Crippen molar-refractivity contribution in [1.82, 2.24) is 0 Å². The Hall–Kier alpha value is -3.27. The van der Waals surface area contributed by atoms with Crippen LogP contribution in [0.5, 0.6) is 0 Å². The van der Waals surface area contributed by atoms with Gasteiger partial charge in [0.15, 0.2) is 0 Å². The molecule has 0 bridgehead atoms. The standard InChI is InChI=1S/C18H18FN5O3S/c1-8-9(2)28-18(14(8)16(21)26)22-17(27)12-7-13(15(20)25)24(23-12)11-5-3-10(19)4-6-11/h3-6,13H,7H2,1-2H3,(H2,20,25)(H2,21,26)(H,22,27). The zero-order valence-electron chi connectivity index (χ0n) is 15.2. The number of hydrogen-bond donors (Lipinski definition) is 3. The predicted molar refractivity (Wildman–Crippen MR) is 105 cm³/mol. The number of carbonyl (C=O) groups excluding carboxylic acids is 3. The van der Waals surface area contributed by atoms with Crippen molar-refractivity contribution in [3.63, 3.8) is 0 Å².